The summed E-state index contributed by atoms with van der Waals surface area (Å²) in [5.41, 5.74) is 0. The Morgan fingerprint density at radius 2 is 2.19 bits per heavy atom. The fraction of sp³-hybridized carbons (Fsp3) is 0.278. The SMILES string of the molecule is CN(CC1COc2ccccc2O1)C(=O)CSc1n[nH]c(-c2cccs2)n1. The number of amides is 1. The number of fused-ring (bicyclic) bond motifs is 1. The summed E-state index contributed by atoms with van der Waals surface area (Å²) in [7, 11) is 1.77. The zero-order valence-corrected chi connectivity index (χ0v) is 16.3. The molecule has 140 valence electrons. The van der Waals surface area contributed by atoms with Gasteiger partial charge in [0.2, 0.25) is 11.1 Å². The minimum atomic E-state index is -0.187. The number of thiophene rings is 1. The van der Waals surface area contributed by atoms with Gasteiger partial charge in [-0.25, -0.2) is 4.98 Å². The highest BCUT2D eigenvalue weighted by molar-refractivity contribution is 7.99. The molecule has 1 amide bonds. The van der Waals surface area contributed by atoms with Crippen molar-refractivity contribution in [3.8, 4) is 22.2 Å². The maximum atomic E-state index is 12.4. The number of carbonyl (C=O) groups excluding carboxylic acids is 1. The van der Waals surface area contributed by atoms with E-state index < -0.39 is 0 Å². The molecule has 1 aliphatic heterocycles. The number of rotatable bonds is 6. The molecular weight excluding hydrogens is 384 g/mol. The molecule has 0 radical (unpaired) electrons. The number of nitrogens with zero attached hydrogens (tertiary/aromatic N) is 3. The summed E-state index contributed by atoms with van der Waals surface area (Å²) in [5.74, 6) is 2.43. The van der Waals surface area contributed by atoms with Crippen molar-refractivity contribution in [2.75, 3.05) is 26.0 Å². The van der Waals surface area contributed by atoms with Crippen LogP contribution in [0.3, 0.4) is 0 Å². The van der Waals surface area contributed by atoms with E-state index in [0.29, 0.717) is 24.1 Å². The second-order valence-electron chi connectivity index (χ2n) is 6.00. The number of nitrogens with one attached hydrogen (secondary N) is 1. The highest BCUT2D eigenvalue weighted by Crippen LogP contribution is 2.31. The van der Waals surface area contributed by atoms with Crippen LogP contribution < -0.4 is 9.47 Å². The second-order valence-corrected chi connectivity index (χ2v) is 7.89. The van der Waals surface area contributed by atoms with Crippen LogP contribution in [0.1, 0.15) is 0 Å². The van der Waals surface area contributed by atoms with Gasteiger partial charge in [0.1, 0.15) is 6.61 Å². The van der Waals surface area contributed by atoms with E-state index >= 15 is 0 Å². The maximum absolute atomic E-state index is 12.4. The third-order valence-corrected chi connectivity index (χ3v) is 5.72. The molecule has 0 saturated carbocycles. The van der Waals surface area contributed by atoms with Gasteiger partial charge < -0.3 is 14.4 Å². The van der Waals surface area contributed by atoms with Crippen molar-refractivity contribution >= 4 is 29.0 Å². The summed E-state index contributed by atoms with van der Waals surface area (Å²) in [4.78, 5) is 19.5. The first-order valence-electron chi connectivity index (χ1n) is 8.40. The van der Waals surface area contributed by atoms with Crippen LogP contribution in [0.5, 0.6) is 11.5 Å². The number of ether oxygens (including phenoxy) is 2. The Kier molecular flexibility index (Phi) is 5.30. The van der Waals surface area contributed by atoms with Gasteiger partial charge in [0.15, 0.2) is 23.4 Å². The lowest BCUT2D eigenvalue weighted by atomic mass is 10.2. The van der Waals surface area contributed by atoms with E-state index in [4.69, 9.17) is 9.47 Å². The molecule has 0 aliphatic carbocycles. The average Bonchev–Trinajstić information content (AvgIpc) is 3.37. The van der Waals surface area contributed by atoms with Crippen LogP contribution in [0.2, 0.25) is 0 Å². The lowest BCUT2D eigenvalue weighted by Crippen LogP contribution is -2.42. The number of thioether (sulfide) groups is 1. The number of hydrogen-bond donors (Lipinski definition) is 1. The quantitative estimate of drug-likeness (QED) is 0.639. The van der Waals surface area contributed by atoms with Crippen LogP contribution in [-0.4, -0.2) is 58.0 Å². The van der Waals surface area contributed by atoms with Gasteiger partial charge in [0.25, 0.3) is 0 Å². The van der Waals surface area contributed by atoms with Gasteiger partial charge >= 0.3 is 0 Å². The van der Waals surface area contributed by atoms with E-state index in [-0.39, 0.29) is 17.8 Å². The van der Waals surface area contributed by atoms with E-state index in [1.807, 2.05) is 41.8 Å². The fourth-order valence-corrected chi connectivity index (χ4v) is 4.03. The molecule has 3 heterocycles. The summed E-state index contributed by atoms with van der Waals surface area (Å²) >= 11 is 2.90. The van der Waals surface area contributed by atoms with Crippen LogP contribution in [-0.2, 0) is 4.79 Å². The number of H-pyrrole nitrogens is 1. The number of likely N-dealkylation sites (N-methyl/N-ethyl adjacent to an activating group) is 1. The van der Waals surface area contributed by atoms with E-state index in [9.17, 15) is 4.79 Å². The number of carbonyl (C=O) groups is 1. The minimum absolute atomic E-state index is 0.00932. The third-order valence-electron chi connectivity index (χ3n) is 4.01. The molecule has 4 rings (SSSR count). The first-order chi connectivity index (χ1) is 13.2. The topological polar surface area (TPSA) is 80.3 Å². The number of para-hydroxylation sites is 2. The molecule has 27 heavy (non-hydrogen) atoms. The smallest absolute Gasteiger partial charge is 0.232 e. The Balaban J connectivity index is 1.27. The summed E-state index contributed by atoms with van der Waals surface area (Å²) < 4.78 is 11.6. The number of aromatic nitrogens is 3. The van der Waals surface area contributed by atoms with Crippen molar-refractivity contribution in [2.24, 2.45) is 0 Å². The highest BCUT2D eigenvalue weighted by Gasteiger charge is 2.24. The molecule has 1 aliphatic rings. The van der Waals surface area contributed by atoms with Crippen LogP contribution in [0.4, 0.5) is 0 Å². The van der Waals surface area contributed by atoms with E-state index in [1.54, 1.807) is 23.3 Å². The van der Waals surface area contributed by atoms with Crippen molar-refractivity contribution < 1.29 is 14.3 Å². The van der Waals surface area contributed by atoms with Crippen LogP contribution in [0.15, 0.2) is 46.9 Å². The molecule has 0 spiro atoms. The maximum Gasteiger partial charge on any atom is 0.232 e. The van der Waals surface area contributed by atoms with Crippen molar-refractivity contribution in [1.29, 1.82) is 0 Å². The Labute approximate surface area is 164 Å². The predicted molar refractivity (Wildman–Crippen MR) is 104 cm³/mol. The van der Waals surface area contributed by atoms with Gasteiger partial charge in [-0.15, -0.1) is 16.4 Å². The normalized spacial score (nSPS) is 15.5. The van der Waals surface area contributed by atoms with Crippen molar-refractivity contribution in [3.05, 3.63) is 41.8 Å². The summed E-state index contributed by atoms with van der Waals surface area (Å²) in [6.07, 6.45) is -0.187. The van der Waals surface area contributed by atoms with Crippen LogP contribution in [0, 0.1) is 0 Å². The molecule has 0 saturated heterocycles. The van der Waals surface area contributed by atoms with Gasteiger partial charge in [-0.2, -0.15) is 0 Å². The molecule has 7 nitrogen and oxygen atoms in total. The number of aromatic amines is 1. The van der Waals surface area contributed by atoms with Gasteiger partial charge in [0, 0.05) is 7.05 Å². The molecule has 1 aromatic carbocycles. The molecule has 1 N–H and O–H groups in total. The lowest BCUT2D eigenvalue weighted by molar-refractivity contribution is -0.128. The Morgan fingerprint density at radius 3 is 3.00 bits per heavy atom. The average molecular weight is 403 g/mol. The number of benzene rings is 1. The fourth-order valence-electron chi connectivity index (χ4n) is 2.63. The summed E-state index contributed by atoms with van der Waals surface area (Å²) in [5, 5.41) is 9.61. The zero-order valence-electron chi connectivity index (χ0n) is 14.6. The van der Waals surface area contributed by atoms with Crippen molar-refractivity contribution in [2.45, 2.75) is 11.3 Å². The van der Waals surface area contributed by atoms with Crippen LogP contribution >= 0.6 is 23.1 Å². The Bertz CT molecular complexity index is 913. The monoisotopic (exact) mass is 402 g/mol. The van der Waals surface area contributed by atoms with E-state index in [1.165, 1.54) is 11.8 Å². The molecule has 9 heteroatoms. The molecule has 3 aromatic rings. The first kappa shape index (κ1) is 17.9. The molecule has 1 atom stereocenters. The summed E-state index contributed by atoms with van der Waals surface area (Å²) in [6, 6.07) is 11.5. The van der Waals surface area contributed by atoms with E-state index in [0.717, 1.165) is 16.5 Å². The molecule has 0 fully saturated rings. The molecular formula is C18H18N4O3S2. The molecule has 0 bridgehead atoms. The zero-order chi connectivity index (χ0) is 18.6. The largest absolute Gasteiger partial charge is 0.486 e. The second kappa shape index (κ2) is 8.01. The first-order valence-corrected chi connectivity index (χ1v) is 10.3. The molecule has 2 aromatic heterocycles. The van der Waals surface area contributed by atoms with Gasteiger partial charge in [-0.1, -0.05) is 30.0 Å². The van der Waals surface area contributed by atoms with E-state index in [2.05, 4.69) is 15.2 Å². The lowest BCUT2D eigenvalue weighted by Gasteiger charge is -2.29. The van der Waals surface area contributed by atoms with Gasteiger partial charge in [0.05, 0.1) is 17.2 Å². The van der Waals surface area contributed by atoms with Gasteiger partial charge in [-0.05, 0) is 23.6 Å². The third kappa shape index (κ3) is 4.25. The summed E-state index contributed by atoms with van der Waals surface area (Å²) in [6.45, 7) is 0.884. The van der Waals surface area contributed by atoms with Crippen LogP contribution in [0.25, 0.3) is 10.7 Å². The Hall–Kier alpha value is -2.52. The predicted octanol–water partition coefficient (Wildman–Crippen LogP) is 2.92. The Morgan fingerprint density at radius 1 is 1.33 bits per heavy atom. The van der Waals surface area contributed by atoms with Crippen molar-refractivity contribution in [3.63, 3.8) is 0 Å². The number of hydrogen-bond acceptors (Lipinski definition) is 7. The van der Waals surface area contributed by atoms with Crippen molar-refractivity contribution in [1.82, 2.24) is 20.1 Å². The van der Waals surface area contributed by atoms with Gasteiger partial charge in [-0.3, -0.25) is 9.89 Å². The highest BCUT2D eigenvalue weighted by atomic mass is 32.2. The molecule has 1 unspecified atom stereocenters. The minimum Gasteiger partial charge on any atom is -0.486 e. The standard InChI is InChI=1S/C18H18N4O3S2/c1-22(9-12-10-24-13-5-2-3-6-14(13)25-12)16(23)11-27-18-19-17(20-21-18)15-7-4-8-26-15/h2-8,12H,9-11H2,1H3,(H,19,20,21).